The minimum Gasteiger partial charge on any atom is -0.480 e. The number of hydrogen-bond acceptors (Lipinski definition) is 6. The van der Waals surface area contributed by atoms with Gasteiger partial charge in [0.2, 0.25) is 11.8 Å². The van der Waals surface area contributed by atoms with Gasteiger partial charge < -0.3 is 25.6 Å². The van der Waals surface area contributed by atoms with Gasteiger partial charge in [-0.3, -0.25) is 14.4 Å². The molecule has 0 aliphatic heterocycles. The summed E-state index contributed by atoms with van der Waals surface area (Å²) in [5.74, 6) is -2.43. The van der Waals surface area contributed by atoms with E-state index in [-0.39, 0.29) is 30.9 Å². The van der Waals surface area contributed by atoms with Crippen LogP contribution in [0.2, 0.25) is 0 Å². The molecule has 286 valence electrons. The highest BCUT2D eigenvalue weighted by molar-refractivity contribution is 5.87. The Balaban J connectivity index is 4.05. The van der Waals surface area contributed by atoms with Crippen molar-refractivity contribution in [3.63, 3.8) is 0 Å². The second kappa shape index (κ2) is 35.6. The van der Waals surface area contributed by atoms with E-state index in [4.69, 9.17) is 14.9 Å². The normalized spacial score (nSPS) is 13.0. The lowest BCUT2D eigenvalue weighted by Gasteiger charge is -2.15. The highest BCUT2D eigenvalue weighted by atomic mass is 16.5. The van der Waals surface area contributed by atoms with Crippen molar-refractivity contribution in [3.05, 3.63) is 48.6 Å². The topological polar surface area (TPSA) is 142 Å². The number of esters is 1. The highest BCUT2D eigenvalue weighted by Gasteiger charge is 2.18. The fraction of sp³-hybridized carbons (Fsp3) is 0.707. The van der Waals surface area contributed by atoms with Gasteiger partial charge in [-0.15, -0.1) is 0 Å². The second-order valence-electron chi connectivity index (χ2n) is 13.0. The molecule has 50 heavy (non-hydrogen) atoms. The van der Waals surface area contributed by atoms with E-state index >= 15 is 0 Å². The first-order chi connectivity index (χ1) is 24.3. The van der Waals surface area contributed by atoms with E-state index < -0.39 is 24.5 Å². The lowest BCUT2D eigenvalue weighted by molar-refractivity contribution is -0.147. The lowest BCUT2D eigenvalue weighted by atomic mass is 10.1. The Hall–Kier alpha value is -3.20. The molecule has 0 heterocycles. The van der Waals surface area contributed by atoms with Crippen LogP contribution >= 0.6 is 0 Å². The lowest BCUT2D eigenvalue weighted by Crippen LogP contribution is -2.47. The van der Waals surface area contributed by atoms with Gasteiger partial charge in [0, 0.05) is 12.8 Å². The van der Waals surface area contributed by atoms with E-state index in [2.05, 4.69) is 67.0 Å². The van der Waals surface area contributed by atoms with E-state index in [0.29, 0.717) is 12.8 Å². The first-order valence-electron chi connectivity index (χ1n) is 19.5. The maximum Gasteiger partial charge on any atom is 0.328 e. The minimum absolute atomic E-state index is 0.133. The smallest absolute Gasteiger partial charge is 0.328 e. The van der Waals surface area contributed by atoms with E-state index in [1.807, 2.05) is 6.08 Å². The standard InChI is InChI=1S/C41H70N2O7/c1-3-5-7-9-10-11-12-13-14-15-16-17-18-19-20-21-22-23-29-33-40(47)50-36(30-26-8-6-4-2)31-27-24-25-28-32-38(45)42-34-39(46)43-37(35-44)41(48)49/h10-11,13-14,16-17,26,30,36-37,44H,3-9,12,15,18-25,27-29,31-35H2,1-2H3,(H,42,45)(H,43,46)(H,48,49)/b11-10-,14-13-,17-16-,30-26-. The Labute approximate surface area is 303 Å². The molecular formula is C41H70N2O7. The summed E-state index contributed by atoms with van der Waals surface area (Å²) in [4.78, 5) is 47.2. The molecule has 4 N–H and O–H groups in total. The molecule has 0 fully saturated rings. The molecule has 2 atom stereocenters. The summed E-state index contributed by atoms with van der Waals surface area (Å²) in [6, 6.07) is -1.39. The molecule has 0 rings (SSSR count). The average molecular weight is 703 g/mol. The van der Waals surface area contributed by atoms with Gasteiger partial charge in [0.05, 0.1) is 13.2 Å². The van der Waals surface area contributed by atoms with Crippen LogP contribution in [-0.2, 0) is 23.9 Å². The predicted molar refractivity (Wildman–Crippen MR) is 204 cm³/mol. The summed E-state index contributed by atoms with van der Waals surface area (Å²) < 4.78 is 5.82. The van der Waals surface area contributed by atoms with Crippen LogP contribution in [-0.4, -0.2) is 59.3 Å². The van der Waals surface area contributed by atoms with Gasteiger partial charge >= 0.3 is 11.9 Å². The zero-order valence-corrected chi connectivity index (χ0v) is 31.4. The first kappa shape index (κ1) is 46.8. The quantitative estimate of drug-likeness (QED) is 0.0298. The Morgan fingerprint density at radius 3 is 1.78 bits per heavy atom. The van der Waals surface area contributed by atoms with Gasteiger partial charge in [0.1, 0.15) is 12.1 Å². The predicted octanol–water partition coefficient (Wildman–Crippen LogP) is 8.81. The number of allylic oxidation sites excluding steroid dienone is 7. The zero-order chi connectivity index (χ0) is 36.9. The highest BCUT2D eigenvalue weighted by Crippen LogP contribution is 2.15. The molecule has 0 radical (unpaired) electrons. The van der Waals surface area contributed by atoms with E-state index in [1.54, 1.807) is 0 Å². The summed E-state index contributed by atoms with van der Waals surface area (Å²) in [5, 5.41) is 22.4. The fourth-order valence-corrected chi connectivity index (χ4v) is 5.20. The van der Waals surface area contributed by atoms with Crippen LogP contribution in [0.15, 0.2) is 48.6 Å². The Morgan fingerprint density at radius 1 is 0.620 bits per heavy atom. The van der Waals surface area contributed by atoms with Gasteiger partial charge in [-0.25, -0.2) is 4.79 Å². The van der Waals surface area contributed by atoms with Crippen LogP contribution in [0.25, 0.3) is 0 Å². The molecule has 0 aromatic rings. The number of carboxylic acids is 1. The first-order valence-corrected chi connectivity index (χ1v) is 19.5. The van der Waals surface area contributed by atoms with Crippen molar-refractivity contribution in [2.75, 3.05) is 13.2 Å². The maximum absolute atomic E-state index is 12.6. The average Bonchev–Trinajstić information content (AvgIpc) is 3.10. The summed E-state index contributed by atoms with van der Waals surface area (Å²) in [7, 11) is 0. The third-order valence-electron chi connectivity index (χ3n) is 8.28. The molecule has 9 heteroatoms. The monoisotopic (exact) mass is 703 g/mol. The SMILES string of the molecule is CCCC/C=C\C(CCCCCCC(=O)NCC(=O)NC(CO)C(=O)O)OC(=O)CCCCCCCC/C=C\C/C=C\C/C=C\CCCCC. The van der Waals surface area contributed by atoms with Crippen molar-refractivity contribution in [2.24, 2.45) is 0 Å². The number of carboxylic acid groups (broad SMARTS) is 1. The molecule has 2 unspecified atom stereocenters. The number of carbonyl (C=O) groups is 4. The molecule has 0 saturated carbocycles. The number of aliphatic hydroxyl groups is 1. The van der Waals surface area contributed by atoms with Crippen molar-refractivity contribution < 1.29 is 34.1 Å². The van der Waals surface area contributed by atoms with Crippen LogP contribution < -0.4 is 10.6 Å². The summed E-state index contributed by atoms with van der Waals surface area (Å²) in [6.07, 6.45) is 40.4. The Kier molecular flexibility index (Phi) is 33.3. The molecule has 2 amide bonds. The largest absolute Gasteiger partial charge is 0.480 e. The molecule has 0 aliphatic carbocycles. The fourth-order valence-electron chi connectivity index (χ4n) is 5.20. The maximum atomic E-state index is 12.6. The molecule has 0 bridgehead atoms. The number of carbonyl (C=O) groups excluding carboxylic acids is 3. The van der Waals surface area contributed by atoms with Crippen molar-refractivity contribution in [3.8, 4) is 0 Å². The third-order valence-corrected chi connectivity index (χ3v) is 8.28. The number of aliphatic hydroxyl groups excluding tert-OH is 1. The van der Waals surface area contributed by atoms with E-state index in [9.17, 15) is 19.2 Å². The zero-order valence-electron chi connectivity index (χ0n) is 31.4. The van der Waals surface area contributed by atoms with Crippen LogP contribution in [0, 0.1) is 0 Å². The van der Waals surface area contributed by atoms with Crippen LogP contribution in [0.4, 0.5) is 0 Å². The van der Waals surface area contributed by atoms with Crippen LogP contribution in [0.3, 0.4) is 0 Å². The molecule has 0 aliphatic rings. The minimum atomic E-state index is -1.39. The number of rotatable bonds is 34. The molecule has 0 aromatic heterocycles. The number of aliphatic carboxylic acids is 1. The van der Waals surface area contributed by atoms with Crippen molar-refractivity contribution >= 4 is 23.8 Å². The van der Waals surface area contributed by atoms with Crippen LogP contribution in [0.1, 0.15) is 162 Å². The van der Waals surface area contributed by atoms with E-state index in [1.165, 1.54) is 44.9 Å². The van der Waals surface area contributed by atoms with Crippen molar-refractivity contribution in [1.82, 2.24) is 10.6 Å². The Morgan fingerprint density at radius 2 is 1.16 bits per heavy atom. The number of ether oxygens (including phenoxy) is 1. The molecule has 0 aromatic carbocycles. The third kappa shape index (κ3) is 32.0. The Bertz CT molecular complexity index is 989. The van der Waals surface area contributed by atoms with Gasteiger partial charge in [-0.05, 0) is 76.7 Å². The summed E-state index contributed by atoms with van der Waals surface area (Å²) in [5.41, 5.74) is 0. The summed E-state index contributed by atoms with van der Waals surface area (Å²) >= 11 is 0. The van der Waals surface area contributed by atoms with Crippen molar-refractivity contribution in [1.29, 1.82) is 0 Å². The number of hydrogen-bond donors (Lipinski definition) is 4. The van der Waals surface area contributed by atoms with Gasteiger partial charge in [0.15, 0.2) is 0 Å². The van der Waals surface area contributed by atoms with Crippen molar-refractivity contribution in [2.45, 2.75) is 174 Å². The molecular weight excluding hydrogens is 632 g/mol. The van der Waals surface area contributed by atoms with Gasteiger partial charge in [-0.2, -0.15) is 0 Å². The van der Waals surface area contributed by atoms with E-state index in [0.717, 1.165) is 83.5 Å². The van der Waals surface area contributed by atoms with Gasteiger partial charge in [0.25, 0.3) is 0 Å². The number of unbranched alkanes of at least 4 members (excludes halogenated alkanes) is 14. The molecule has 0 spiro atoms. The van der Waals surface area contributed by atoms with Gasteiger partial charge in [-0.1, -0.05) is 121 Å². The summed E-state index contributed by atoms with van der Waals surface area (Å²) in [6.45, 7) is 3.33. The second-order valence-corrected chi connectivity index (χ2v) is 13.0. The van der Waals surface area contributed by atoms with Crippen LogP contribution in [0.5, 0.6) is 0 Å². The number of nitrogens with one attached hydrogen (secondary N) is 2. The molecule has 0 saturated heterocycles. The number of amides is 2. The molecule has 9 nitrogen and oxygen atoms in total.